The van der Waals surface area contributed by atoms with Crippen LogP contribution in [0.25, 0.3) is 0 Å². The molecule has 0 heterocycles. The first-order chi connectivity index (χ1) is 13.0. The van der Waals surface area contributed by atoms with Gasteiger partial charge in [0.2, 0.25) is 10.0 Å². The van der Waals surface area contributed by atoms with Crippen LogP contribution in [0.4, 0.5) is 0 Å². The van der Waals surface area contributed by atoms with Crippen molar-refractivity contribution in [3.8, 4) is 0 Å². The fourth-order valence-electron chi connectivity index (χ4n) is 3.25. The standard InChI is InChI=1S/C23H25NO2S/c1-18-12-14-22(15-13-18)27(25,26)24-17-21(16-20-9-4-3-5-10-20)23-11-7-6-8-19(23)2/h3-15,21,24H,16-17H2,1-2H3/t21-/m0/s1. The quantitative estimate of drug-likeness (QED) is 0.652. The minimum Gasteiger partial charge on any atom is -0.211 e. The average molecular weight is 380 g/mol. The SMILES string of the molecule is Cc1ccc(S(=O)(=O)NC[C@H](Cc2ccccc2)c2ccccc2C)cc1. The highest BCUT2D eigenvalue weighted by atomic mass is 32.2. The third kappa shape index (κ3) is 5.06. The highest BCUT2D eigenvalue weighted by Gasteiger charge is 2.19. The Morgan fingerprint density at radius 3 is 2.11 bits per heavy atom. The monoisotopic (exact) mass is 379 g/mol. The molecule has 0 aliphatic rings. The number of hydrogen-bond acceptors (Lipinski definition) is 2. The molecule has 1 atom stereocenters. The van der Waals surface area contributed by atoms with Crippen molar-refractivity contribution in [1.29, 1.82) is 0 Å². The Labute approximate surface area is 162 Å². The molecule has 0 fully saturated rings. The van der Waals surface area contributed by atoms with E-state index >= 15 is 0 Å². The lowest BCUT2D eigenvalue weighted by Gasteiger charge is -2.20. The normalized spacial score (nSPS) is 12.7. The van der Waals surface area contributed by atoms with Crippen LogP contribution < -0.4 is 4.72 Å². The second kappa shape index (κ2) is 8.51. The summed E-state index contributed by atoms with van der Waals surface area (Å²) in [6.45, 7) is 4.37. The highest BCUT2D eigenvalue weighted by molar-refractivity contribution is 7.89. The van der Waals surface area contributed by atoms with Gasteiger partial charge < -0.3 is 0 Å². The van der Waals surface area contributed by atoms with Gasteiger partial charge in [-0.1, -0.05) is 72.3 Å². The van der Waals surface area contributed by atoms with Crippen molar-refractivity contribution in [1.82, 2.24) is 4.72 Å². The van der Waals surface area contributed by atoms with E-state index in [0.717, 1.165) is 12.0 Å². The van der Waals surface area contributed by atoms with Crippen LogP contribution in [0.2, 0.25) is 0 Å². The van der Waals surface area contributed by atoms with Crippen molar-refractivity contribution < 1.29 is 8.42 Å². The third-order valence-corrected chi connectivity index (χ3v) is 6.24. The number of sulfonamides is 1. The first-order valence-corrected chi connectivity index (χ1v) is 10.6. The summed E-state index contributed by atoms with van der Waals surface area (Å²) < 4.78 is 28.2. The molecule has 0 aromatic heterocycles. The zero-order valence-electron chi connectivity index (χ0n) is 15.7. The molecule has 0 aliphatic carbocycles. The molecule has 3 aromatic carbocycles. The molecule has 0 saturated heterocycles. The third-order valence-electron chi connectivity index (χ3n) is 4.80. The predicted octanol–water partition coefficient (Wildman–Crippen LogP) is 4.61. The second-order valence-corrected chi connectivity index (χ2v) is 8.68. The smallest absolute Gasteiger partial charge is 0.211 e. The first-order valence-electron chi connectivity index (χ1n) is 9.11. The molecule has 0 spiro atoms. The summed E-state index contributed by atoms with van der Waals surface area (Å²) in [5.74, 6) is 0.0637. The van der Waals surface area contributed by atoms with Gasteiger partial charge in [-0.05, 0) is 49.1 Å². The summed E-state index contributed by atoms with van der Waals surface area (Å²) in [6, 6.07) is 25.3. The topological polar surface area (TPSA) is 46.2 Å². The van der Waals surface area contributed by atoms with Crippen molar-refractivity contribution in [2.24, 2.45) is 0 Å². The molecule has 3 rings (SSSR count). The van der Waals surface area contributed by atoms with E-state index in [1.165, 1.54) is 16.7 Å². The van der Waals surface area contributed by atoms with Gasteiger partial charge in [0, 0.05) is 12.5 Å². The molecule has 1 N–H and O–H groups in total. The average Bonchev–Trinajstić information content (AvgIpc) is 2.67. The van der Waals surface area contributed by atoms with Crippen LogP contribution in [0.15, 0.2) is 83.8 Å². The summed E-state index contributed by atoms with van der Waals surface area (Å²) in [4.78, 5) is 0.302. The van der Waals surface area contributed by atoms with Crippen molar-refractivity contribution in [3.05, 3.63) is 101 Å². The van der Waals surface area contributed by atoms with E-state index in [0.29, 0.717) is 11.4 Å². The minimum atomic E-state index is -3.54. The summed E-state index contributed by atoms with van der Waals surface area (Å²) in [5.41, 5.74) is 4.58. The van der Waals surface area contributed by atoms with Gasteiger partial charge >= 0.3 is 0 Å². The molecule has 0 bridgehead atoms. The van der Waals surface area contributed by atoms with Crippen LogP contribution in [-0.4, -0.2) is 15.0 Å². The Morgan fingerprint density at radius 2 is 1.44 bits per heavy atom. The predicted molar refractivity (Wildman–Crippen MR) is 110 cm³/mol. The zero-order chi connectivity index (χ0) is 19.3. The molecule has 3 aromatic rings. The Hall–Kier alpha value is -2.43. The van der Waals surface area contributed by atoms with Crippen LogP contribution in [0.1, 0.15) is 28.2 Å². The lowest BCUT2D eigenvalue weighted by molar-refractivity contribution is 0.568. The van der Waals surface area contributed by atoms with E-state index in [2.05, 4.69) is 35.9 Å². The van der Waals surface area contributed by atoms with E-state index in [1.54, 1.807) is 12.1 Å². The largest absolute Gasteiger partial charge is 0.240 e. The van der Waals surface area contributed by atoms with E-state index in [9.17, 15) is 8.42 Å². The van der Waals surface area contributed by atoms with Crippen LogP contribution in [0.5, 0.6) is 0 Å². The maximum absolute atomic E-state index is 12.7. The van der Waals surface area contributed by atoms with Gasteiger partial charge in [-0.3, -0.25) is 0 Å². The lowest BCUT2D eigenvalue weighted by Crippen LogP contribution is -2.29. The molecule has 27 heavy (non-hydrogen) atoms. The van der Waals surface area contributed by atoms with Crippen LogP contribution in [-0.2, 0) is 16.4 Å². The molecule has 0 unspecified atom stereocenters. The van der Waals surface area contributed by atoms with Gasteiger partial charge in [-0.15, -0.1) is 0 Å². The molecular formula is C23H25NO2S. The molecule has 0 amide bonds. The number of nitrogens with one attached hydrogen (secondary N) is 1. The highest BCUT2D eigenvalue weighted by Crippen LogP contribution is 2.24. The van der Waals surface area contributed by atoms with Crippen LogP contribution >= 0.6 is 0 Å². The van der Waals surface area contributed by atoms with Gasteiger partial charge in [0.25, 0.3) is 0 Å². The molecule has 0 aliphatic heterocycles. The van der Waals surface area contributed by atoms with Crippen LogP contribution in [0, 0.1) is 13.8 Å². The Bertz CT molecular complexity index is 980. The van der Waals surface area contributed by atoms with Gasteiger partial charge in [0.15, 0.2) is 0 Å². The number of aryl methyl sites for hydroxylation is 2. The van der Waals surface area contributed by atoms with E-state index < -0.39 is 10.0 Å². The Balaban J connectivity index is 1.83. The van der Waals surface area contributed by atoms with Gasteiger partial charge in [0.1, 0.15) is 0 Å². The molecule has 4 heteroatoms. The van der Waals surface area contributed by atoms with E-state index in [1.807, 2.05) is 49.4 Å². The fourth-order valence-corrected chi connectivity index (χ4v) is 4.33. The summed E-state index contributed by atoms with van der Waals surface area (Å²) in [6.07, 6.45) is 0.780. The van der Waals surface area contributed by atoms with Crippen molar-refractivity contribution in [2.75, 3.05) is 6.54 Å². The molecular weight excluding hydrogens is 354 g/mol. The van der Waals surface area contributed by atoms with E-state index in [-0.39, 0.29) is 5.92 Å². The summed E-state index contributed by atoms with van der Waals surface area (Å²) in [7, 11) is -3.54. The number of hydrogen-bond donors (Lipinski definition) is 1. The van der Waals surface area contributed by atoms with Gasteiger partial charge in [-0.25, -0.2) is 13.1 Å². The van der Waals surface area contributed by atoms with Crippen molar-refractivity contribution >= 4 is 10.0 Å². The molecule has 0 saturated carbocycles. The van der Waals surface area contributed by atoms with Crippen molar-refractivity contribution in [2.45, 2.75) is 31.1 Å². The van der Waals surface area contributed by atoms with E-state index in [4.69, 9.17) is 0 Å². The Morgan fingerprint density at radius 1 is 0.815 bits per heavy atom. The number of benzene rings is 3. The van der Waals surface area contributed by atoms with Crippen molar-refractivity contribution in [3.63, 3.8) is 0 Å². The van der Waals surface area contributed by atoms with Gasteiger partial charge in [-0.2, -0.15) is 0 Å². The number of rotatable bonds is 7. The molecule has 140 valence electrons. The molecule has 3 nitrogen and oxygen atoms in total. The Kier molecular flexibility index (Phi) is 6.09. The summed E-state index contributed by atoms with van der Waals surface area (Å²) in [5, 5.41) is 0. The summed E-state index contributed by atoms with van der Waals surface area (Å²) >= 11 is 0. The van der Waals surface area contributed by atoms with Gasteiger partial charge in [0.05, 0.1) is 4.90 Å². The maximum Gasteiger partial charge on any atom is 0.240 e. The molecule has 0 radical (unpaired) electrons. The first kappa shape index (κ1) is 19.3. The zero-order valence-corrected chi connectivity index (χ0v) is 16.5. The second-order valence-electron chi connectivity index (χ2n) is 6.91. The lowest BCUT2D eigenvalue weighted by atomic mass is 9.89. The van der Waals surface area contributed by atoms with Crippen LogP contribution in [0.3, 0.4) is 0 Å². The fraction of sp³-hybridized carbons (Fsp3) is 0.217. The maximum atomic E-state index is 12.7. The minimum absolute atomic E-state index is 0.0637.